The van der Waals surface area contributed by atoms with E-state index in [2.05, 4.69) is 41.5 Å². The molecule has 1 aromatic carbocycles. The van der Waals surface area contributed by atoms with Gasteiger partial charge < -0.3 is 5.32 Å². The minimum absolute atomic E-state index is 0.0539. The number of halogens is 1. The van der Waals surface area contributed by atoms with Crippen LogP contribution in [0.1, 0.15) is 38.2 Å². The average Bonchev–Trinajstić information content (AvgIpc) is 3.00. The first-order valence-corrected chi connectivity index (χ1v) is 9.05. The number of nitrogens with one attached hydrogen (secondary N) is 1. The maximum atomic E-state index is 11.2. The van der Waals surface area contributed by atoms with E-state index in [-0.39, 0.29) is 11.8 Å². The Kier molecular flexibility index (Phi) is 6.87. The molecule has 0 atom stereocenters. The van der Waals surface area contributed by atoms with Crippen LogP contribution in [-0.2, 0) is 11.2 Å². The molecule has 1 heterocycles. The molecule has 118 valence electrons. The van der Waals surface area contributed by atoms with Gasteiger partial charge in [-0.05, 0) is 18.4 Å². The predicted molar refractivity (Wildman–Crippen MR) is 94.7 cm³/mol. The SMILES string of the molecule is CCCCCCc1ccc(-c2csc(NC(=O)CCl)n2)cc1. The number of nitrogens with zero attached hydrogens (tertiary/aromatic N) is 1. The summed E-state index contributed by atoms with van der Waals surface area (Å²) in [6.07, 6.45) is 6.26. The van der Waals surface area contributed by atoms with Gasteiger partial charge in [-0.25, -0.2) is 4.98 Å². The molecule has 0 aliphatic heterocycles. The number of carbonyl (C=O) groups excluding carboxylic acids is 1. The van der Waals surface area contributed by atoms with Crippen LogP contribution in [0, 0.1) is 0 Å². The summed E-state index contributed by atoms with van der Waals surface area (Å²) in [6.45, 7) is 2.23. The Balaban J connectivity index is 1.94. The Morgan fingerprint density at radius 1 is 1.23 bits per heavy atom. The molecule has 1 aromatic heterocycles. The smallest absolute Gasteiger partial charge is 0.241 e. The lowest BCUT2D eigenvalue weighted by Gasteiger charge is -2.03. The Morgan fingerprint density at radius 3 is 2.68 bits per heavy atom. The molecule has 0 saturated carbocycles. The van der Waals surface area contributed by atoms with Gasteiger partial charge >= 0.3 is 0 Å². The number of thiazole rings is 1. The first-order chi connectivity index (χ1) is 10.7. The zero-order chi connectivity index (χ0) is 15.8. The maximum Gasteiger partial charge on any atom is 0.241 e. The summed E-state index contributed by atoms with van der Waals surface area (Å²) < 4.78 is 0. The Hall–Kier alpha value is -1.39. The van der Waals surface area contributed by atoms with E-state index in [4.69, 9.17) is 11.6 Å². The topological polar surface area (TPSA) is 42.0 Å². The van der Waals surface area contributed by atoms with Crippen molar-refractivity contribution in [1.29, 1.82) is 0 Å². The van der Waals surface area contributed by atoms with E-state index in [0.717, 1.165) is 17.7 Å². The minimum atomic E-state index is -0.231. The lowest BCUT2D eigenvalue weighted by molar-refractivity contribution is -0.113. The van der Waals surface area contributed by atoms with E-state index < -0.39 is 0 Å². The molecule has 0 radical (unpaired) electrons. The molecular weight excluding hydrogens is 316 g/mol. The lowest BCUT2D eigenvalue weighted by Crippen LogP contribution is -2.12. The molecule has 22 heavy (non-hydrogen) atoms. The van der Waals surface area contributed by atoms with Crippen LogP contribution in [0.15, 0.2) is 29.6 Å². The van der Waals surface area contributed by atoms with Crippen LogP contribution < -0.4 is 5.32 Å². The number of anilines is 1. The van der Waals surface area contributed by atoms with Crippen molar-refractivity contribution in [2.24, 2.45) is 0 Å². The average molecular weight is 337 g/mol. The summed E-state index contributed by atoms with van der Waals surface area (Å²) in [5.74, 6) is -0.285. The summed E-state index contributed by atoms with van der Waals surface area (Å²) in [4.78, 5) is 15.7. The number of carbonyl (C=O) groups is 1. The fraction of sp³-hybridized carbons (Fsp3) is 0.412. The van der Waals surface area contributed by atoms with Crippen LogP contribution in [0.4, 0.5) is 5.13 Å². The van der Waals surface area contributed by atoms with Crippen LogP contribution in [0.5, 0.6) is 0 Å². The van der Waals surface area contributed by atoms with Crippen molar-refractivity contribution < 1.29 is 4.79 Å². The highest BCUT2D eigenvalue weighted by molar-refractivity contribution is 7.14. The second-order valence-corrected chi connectivity index (χ2v) is 6.35. The van der Waals surface area contributed by atoms with Crippen LogP contribution >= 0.6 is 22.9 Å². The minimum Gasteiger partial charge on any atom is -0.301 e. The summed E-state index contributed by atoms with van der Waals surface area (Å²) >= 11 is 6.88. The maximum absolute atomic E-state index is 11.2. The summed E-state index contributed by atoms with van der Waals surface area (Å²) in [7, 11) is 0. The number of amides is 1. The molecule has 5 heteroatoms. The number of benzene rings is 1. The highest BCUT2D eigenvalue weighted by atomic mass is 35.5. The molecule has 0 spiro atoms. The van der Waals surface area contributed by atoms with Crippen molar-refractivity contribution in [2.45, 2.75) is 39.0 Å². The van der Waals surface area contributed by atoms with Gasteiger partial charge in [-0.1, -0.05) is 50.5 Å². The number of hydrogen-bond donors (Lipinski definition) is 1. The highest BCUT2D eigenvalue weighted by Crippen LogP contribution is 2.25. The summed E-state index contributed by atoms with van der Waals surface area (Å²) in [6, 6.07) is 8.52. The molecule has 2 aromatic rings. The third-order valence-corrected chi connectivity index (χ3v) is 4.44. The van der Waals surface area contributed by atoms with Crippen molar-refractivity contribution in [1.82, 2.24) is 4.98 Å². The van der Waals surface area contributed by atoms with Crippen LogP contribution in [0.3, 0.4) is 0 Å². The molecular formula is C17H21ClN2OS. The van der Waals surface area contributed by atoms with Crippen molar-refractivity contribution in [3.05, 3.63) is 35.2 Å². The van der Waals surface area contributed by atoms with E-state index in [1.54, 1.807) is 0 Å². The zero-order valence-electron chi connectivity index (χ0n) is 12.8. The van der Waals surface area contributed by atoms with Crippen LogP contribution in [-0.4, -0.2) is 16.8 Å². The monoisotopic (exact) mass is 336 g/mol. The first-order valence-electron chi connectivity index (χ1n) is 7.63. The molecule has 0 aliphatic rings. The number of rotatable bonds is 8. The standard InChI is InChI=1S/C17H21ClN2OS/c1-2-3-4-5-6-13-7-9-14(10-8-13)15-12-22-17(19-15)20-16(21)11-18/h7-10,12H,2-6,11H2,1H3,(H,19,20,21). The fourth-order valence-electron chi connectivity index (χ4n) is 2.21. The molecule has 0 aliphatic carbocycles. The third kappa shape index (κ3) is 5.11. The Bertz CT molecular complexity index is 595. The molecule has 3 nitrogen and oxygen atoms in total. The molecule has 0 fully saturated rings. The van der Waals surface area contributed by atoms with Gasteiger partial charge in [0, 0.05) is 10.9 Å². The van der Waals surface area contributed by atoms with Crippen LogP contribution in [0.2, 0.25) is 0 Å². The highest BCUT2D eigenvalue weighted by Gasteiger charge is 2.07. The van der Waals surface area contributed by atoms with E-state index >= 15 is 0 Å². The predicted octanol–water partition coefficient (Wildman–Crippen LogP) is 5.11. The first kappa shape index (κ1) is 17.0. The molecule has 2 rings (SSSR count). The van der Waals surface area contributed by atoms with Crippen molar-refractivity contribution >= 4 is 34.0 Å². The van der Waals surface area contributed by atoms with Gasteiger partial charge in [0.1, 0.15) is 5.88 Å². The number of alkyl halides is 1. The Labute approximate surface area is 140 Å². The number of aryl methyl sites for hydroxylation is 1. The molecule has 0 bridgehead atoms. The molecule has 0 saturated heterocycles. The number of aromatic nitrogens is 1. The van der Waals surface area contributed by atoms with Gasteiger partial charge in [-0.3, -0.25) is 4.79 Å². The number of unbranched alkanes of at least 4 members (excludes halogenated alkanes) is 3. The van der Waals surface area contributed by atoms with E-state index in [9.17, 15) is 4.79 Å². The molecule has 0 unspecified atom stereocenters. The van der Waals surface area contributed by atoms with Gasteiger partial charge in [0.15, 0.2) is 5.13 Å². The van der Waals surface area contributed by atoms with E-state index in [1.165, 1.54) is 42.6 Å². The third-order valence-electron chi connectivity index (χ3n) is 3.44. The quantitative estimate of drug-likeness (QED) is 0.537. The summed E-state index contributed by atoms with van der Waals surface area (Å²) in [5, 5.41) is 5.20. The Morgan fingerprint density at radius 2 is 2.00 bits per heavy atom. The molecule has 1 N–H and O–H groups in total. The number of hydrogen-bond acceptors (Lipinski definition) is 3. The normalized spacial score (nSPS) is 10.6. The van der Waals surface area contributed by atoms with Gasteiger partial charge in [-0.2, -0.15) is 0 Å². The van der Waals surface area contributed by atoms with Gasteiger partial charge in [0.25, 0.3) is 0 Å². The van der Waals surface area contributed by atoms with E-state index in [1.807, 2.05) is 5.38 Å². The second-order valence-electron chi connectivity index (χ2n) is 5.23. The van der Waals surface area contributed by atoms with Gasteiger partial charge in [-0.15, -0.1) is 22.9 Å². The van der Waals surface area contributed by atoms with E-state index in [0.29, 0.717) is 5.13 Å². The van der Waals surface area contributed by atoms with Gasteiger partial charge in [0.05, 0.1) is 5.69 Å². The second kappa shape index (κ2) is 8.91. The fourth-order valence-corrected chi connectivity index (χ4v) is 3.02. The lowest BCUT2D eigenvalue weighted by atomic mass is 10.0. The van der Waals surface area contributed by atoms with Crippen LogP contribution in [0.25, 0.3) is 11.3 Å². The zero-order valence-corrected chi connectivity index (χ0v) is 14.3. The van der Waals surface area contributed by atoms with Crippen molar-refractivity contribution in [3.63, 3.8) is 0 Å². The largest absolute Gasteiger partial charge is 0.301 e. The van der Waals surface area contributed by atoms with Crippen molar-refractivity contribution in [3.8, 4) is 11.3 Å². The molecule has 1 amide bonds. The van der Waals surface area contributed by atoms with Crippen molar-refractivity contribution in [2.75, 3.05) is 11.2 Å². The summed E-state index contributed by atoms with van der Waals surface area (Å²) in [5.41, 5.74) is 3.32. The van der Waals surface area contributed by atoms with Gasteiger partial charge in [0.2, 0.25) is 5.91 Å².